The quantitative estimate of drug-likeness (QED) is 0.627. The first kappa shape index (κ1) is 21.1. The van der Waals surface area contributed by atoms with E-state index in [9.17, 15) is 14.7 Å². The molecular formula is C19H33NO6. The molecule has 0 radical (unpaired) electrons. The van der Waals surface area contributed by atoms with E-state index in [1.165, 1.54) is 4.90 Å². The van der Waals surface area contributed by atoms with Gasteiger partial charge >= 0.3 is 6.09 Å². The molecule has 0 aromatic rings. The van der Waals surface area contributed by atoms with E-state index in [1.54, 1.807) is 6.92 Å². The van der Waals surface area contributed by atoms with Crippen LogP contribution in [-0.4, -0.2) is 60.3 Å². The van der Waals surface area contributed by atoms with Crippen molar-refractivity contribution in [2.75, 3.05) is 19.8 Å². The van der Waals surface area contributed by atoms with Crippen molar-refractivity contribution >= 4 is 12.0 Å². The summed E-state index contributed by atoms with van der Waals surface area (Å²) in [6.45, 7) is 7.15. The molecule has 0 spiro atoms. The second-order valence-corrected chi connectivity index (χ2v) is 7.62. The topological polar surface area (TPSA) is 85.3 Å². The second-order valence-electron chi connectivity index (χ2n) is 7.62. The predicted molar refractivity (Wildman–Crippen MR) is 95.4 cm³/mol. The number of aliphatic hydroxyl groups is 1. The normalized spacial score (nSPS) is 26.0. The van der Waals surface area contributed by atoms with Crippen molar-refractivity contribution in [1.29, 1.82) is 0 Å². The van der Waals surface area contributed by atoms with Crippen LogP contribution in [0, 0.1) is 11.8 Å². The molecule has 2 amide bonds. The molecule has 7 nitrogen and oxygen atoms in total. The Balaban J connectivity index is 1.69. The van der Waals surface area contributed by atoms with E-state index < -0.39 is 18.1 Å². The summed E-state index contributed by atoms with van der Waals surface area (Å²) in [6.07, 6.45) is 3.75. The van der Waals surface area contributed by atoms with Crippen molar-refractivity contribution in [3.05, 3.63) is 0 Å². The number of aliphatic hydroxyl groups excluding tert-OH is 1. The van der Waals surface area contributed by atoms with Crippen LogP contribution < -0.4 is 0 Å². The highest BCUT2D eigenvalue weighted by atomic mass is 16.7. The number of rotatable bonds is 9. The Morgan fingerprint density at radius 2 is 2.08 bits per heavy atom. The lowest BCUT2D eigenvalue weighted by Gasteiger charge is -2.27. The number of ether oxygens (including phenoxy) is 3. The van der Waals surface area contributed by atoms with Gasteiger partial charge in [0.1, 0.15) is 6.61 Å². The van der Waals surface area contributed by atoms with E-state index in [0.29, 0.717) is 13.0 Å². The van der Waals surface area contributed by atoms with Gasteiger partial charge in [0.15, 0.2) is 6.29 Å². The highest BCUT2D eigenvalue weighted by Crippen LogP contribution is 2.24. The number of hydrogen-bond acceptors (Lipinski definition) is 6. The zero-order valence-electron chi connectivity index (χ0n) is 16.2. The summed E-state index contributed by atoms with van der Waals surface area (Å²) in [5.74, 6) is -0.871. The number of hydrogen-bond donors (Lipinski definition) is 1. The van der Waals surface area contributed by atoms with Gasteiger partial charge in [-0.1, -0.05) is 20.8 Å². The first-order valence-corrected chi connectivity index (χ1v) is 9.83. The molecule has 2 rings (SSSR count). The average Bonchev–Trinajstić information content (AvgIpc) is 3.02. The molecule has 0 aliphatic carbocycles. The van der Waals surface area contributed by atoms with Gasteiger partial charge in [0, 0.05) is 13.2 Å². The Morgan fingerprint density at radius 1 is 1.31 bits per heavy atom. The van der Waals surface area contributed by atoms with Gasteiger partial charge in [-0.3, -0.25) is 4.79 Å². The van der Waals surface area contributed by atoms with Crippen LogP contribution in [0.2, 0.25) is 0 Å². The van der Waals surface area contributed by atoms with E-state index in [4.69, 9.17) is 14.2 Å². The van der Waals surface area contributed by atoms with Crippen LogP contribution >= 0.6 is 0 Å². The molecule has 2 aliphatic heterocycles. The van der Waals surface area contributed by atoms with Crippen LogP contribution in [0.5, 0.6) is 0 Å². The monoisotopic (exact) mass is 371 g/mol. The Labute approximate surface area is 156 Å². The lowest BCUT2D eigenvalue weighted by Crippen LogP contribution is -2.46. The summed E-state index contributed by atoms with van der Waals surface area (Å²) in [4.78, 5) is 25.7. The summed E-state index contributed by atoms with van der Waals surface area (Å²) in [5, 5.41) is 10.3. The fourth-order valence-electron chi connectivity index (χ4n) is 3.33. The highest BCUT2D eigenvalue weighted by molar-refractivity contribution is 5.94. The van der Waals surface area contributed by atoms with E-state index in [2.05, 4.69) is 0 Å². The molecule has 0 saturated carbocycles. The SMILES string of the molecule is CC(C)[C@H]1COC(=O)N1C(=O)[C@@H](C)[C@H](O)CCCCOC1CCCCO1. The zero-order chi connectivity index (χ0) is 19.1. The molecule has 1 N–H and O–H groups in total. The van der Waals surface area contributed by atoms with Crippen LogP contribution in [0.1, 0.15) is 59.3 Å². The maximum atomic E-state index is 12.6. The van der Waals surface area contributed by atoms with E-state index in [1.807, 2.05) is 13.8 Å². The summed E-state index contributed by atoms with van der Waals surface area (Å²) < 4.78 is 16.2. The number of unbranched alkanes of at least 4 members (excludes halogenated alkanes) is 1. The zero-order valence-corrected chi connectivity index (χ0v) is 16.2. The average molecular weight is 371 g/mol. The van der Waals surface area contributed by atoms with Gasteiger partial charge in [-0.25, -0.2) is 9.69 Å². The maximum absolute atomic E-state index is 12.6. The van der Waals surface area contributed by atoms with Crippen molar-refractivity contribution in [2.24, 2.45) is 11.8 Å². The van der Waals surface area contributed by atoms with Gasteiger partial charge in [0.2, 0.25) is 5.91 Å². The Morgan fingerprint density at radius 3 is 2.73 bits per heavy atom. The molecule has 2 heterocycles. The molecule has 2 aliphatic rings. The van der Waals surface area contributed by atoms with Gasteiger partial charge in [-0.05, 0) is 44.4 Å². The molecule has 0 aromatic heterocycles. The molecule has 1 unspecified atom stereocenters. The number of carbonyl (C=O) groups is 2. The summed E-state index contributed by atoms with van der Waals surface area (Å²) >= 11 is 0. The molecule has 4 atom stereocenters. The van der Waals surface area contributed by atoms with E-state index in [0.717, 1.165) is 38.7 Å². The minimum Gasteiger partial charge on any atom is -0.447 e. The molecule has 0 bridgehead atoms. The number of imide groups is 1. The number of nitrogens with zero attached hydrogens (tertiary/aromatic N) is 1. The standard InChI is InChI=1S/C19H33NO6/c1-13(2)15-12-26-19(23)20(15)18(22)14(3)16(21)8-4-6-10-24-17-9-5-7-11-25-17/h13-17,21H,4-12H2,1-3H3/t14-,15+,16+,17?/m0/s1. The molecule has 0 aromatic carbocycles. The van der Waals surface area contributed by atoms with Gasteiger partial charge in [-0.15, -0.1) is 0 Å². The first-order valence-electron chi connectivity index (χ1n) is 9.83. The summed E-state index contributed by atoms with van der Waals surface area (Å²) in [6, 6.07) is -0.256. The fourth-order valence-corrected chi connectivity index (χ4v) is 3.33. The van der Waals surface area contributed by atoms with Crippen LogP contribution in [-0.2, 0) is 19.0 Å². The minimum absolute atomic E-state index is 0.0941. The van der Waals surface area contributed by atoms with Gasteiger partial charge in [0.05, 0.1) is 18.1 Å². The third-order valence-electron chi connectivity index (χ3n) is 5.22. The second kappa shape index (κ2) is 10.2. The maximum Gasteiger partial charge on any atom is 0.416 e. The third kappa shape index (κ3) is 5.66. The number of amides is 2. The Hall–Kier alpha value is -1.18. The van der Waals surface area contributed by atoms with Gasteiger partial charge in [-0.2, -0.15) is 0 Å². The van der Waals surface area contributed by atoms with Crippen LogP contribution in [0.15, 0.2) is 0 Å². The summed E-state index contributed by atoms with van der Waals surface area (Å²) in [5.41, 5.74) is 0. The van der Waals surface area contributed by atoms with Crippen molar-refractivity contribution in [3.63, 3.8) is 0 Å². The number of carbonyl (C=O) groups excluding carboxylic acids is 2. The minimum atomic E-state index is -0.783. The van der Waals surface area contributed by atoms with Crippen molar-refractivity contribution in [1.82, 2.24) is 4.90 Å². The highest BCUT2D eigenvalue weighted by Gasteiger charge is 2.42. The molecule has 2 fully saturated rings. The lowest BCUT2D eigenvalue weighted by atomic mass is 9.96. The van der Waals surface area contributed by atoms with Crippen LogP contribution in [0.3, 0.4) is 0 Å². The molecule has 26 heavy (non-hydrogen) atoms. The molecule has 150 valence electrons. The smallest absolute Gasteiger partial charge is 0.416 e. The predicted octanol–water partition coefficient (Wildman–Crippen LogP) is 2.70. The van der Waals surface area contributed by atoms with E-state index >= 15 is 0 Å². The fraction of sp³-hybridized carbons (Fsp3) is 0.895. The Bertz CT molecular complexity index is 463. The van der Waals surface area contributed by atoms with E-state index in [-0.39, 0.29) is 30.8 Å². The molecule has 2 saturated heterocycles. The van der Waals surface area contributed by atoms with Crippen molar-refractivity contribution in [3.8, 4) is 0 Å². The Kier molecular flexibility index (Phi) is 8.31. The summed E-state index contributed by atoms with van der Waals surface area (Å²) in [7, 11) is 0. The van der Waals surface area contributed by atoms with Crippen LogP contribution in [0.4, 0.5) is 4.79 Å². The van der Waals surface area contributed by atoms with Gasteiger partial charge in [0.25, 0.3) is 0 Å². The lowest BCUT2D eigenvalue weighted by molar-refractivity contribution is -0.163. The number of cyclic esters (lactones) is 1. The van der Waals surface area contributed by atoms with Gasteiger partial charge < -0.3 is 19.3 Å². The molecular weight excluding hydrogens is 338 g/mol. The largest absolute Gasteiger partial charge is 0.447 e. The molecule has 7 heteroatoms. The first-order chi connectivity index (χ1) is 12.4. The van der Waals surface area contributed by atoms with Crippen molar-refractivity contribution < 1.29 is 28.9 Å². The van der Waals surface area contributed by atoms with Crippen LogP contribution in [0.25, 0.3) is 0 Å². The third-order valence-corrected chi connectivity index (χ3v) is 5.22. The van der Waals surface area contributed by atoms with Crippen molar-refractivity contribution in [2.45, 2.75) is 77.7 Å².